The van der Waals surface area contributed by atoms with Crippen molar-refractivity contribution in [1.29, 1.82) is 0 Å². The molecule has 2 aromatic heterocycles. The predicted octanol–water partition coefficient (Wildman–Crippen LogP) is 3.57. The Morgan fingerprint density at radius 3 is 2.54 bits per heavy atom. The molecule has 0 aliphatic rings. The Hall–Kier alpha value is -3.39. The van der Waals surface area contributed by atoms with Gasteiger partial charge in [0.25, 0.3) is 0 Å². The molecule has 1 N–H and O–H groups in total. The normalized spacial score (nSPS) is 10.9. The quantitative estimate of drug-likeness (QED) is 0.633. The number of esters is 1. The maximum Gasteiger partial charge on any atom is 0.338 e. The lowest BCUT2D eigenvalue weighted by Gasteiger charge is -2.09. The van der Waals surface area contributed by atoms with Crippen LogP contribution in [0.15, 0.2) is 36.9 Å². The van der Waals surface area contributed by atoms with Crippen molar-refractivity contribution in [2.24, 2.45) is 7.05 Å². The smallest absolute Gasteiger partial charge is 0.338 e. The van der Waals surface area contributed by atoms with E-state index in [2.05, 4.69) is 20.4 Å². The maximum atomic E-state index is 11.8. The monoisotopic (exact) mass is 399 g/mol. The summed E-state index contributed by atoms with van der Waals surface area (Å²) in [6.07, 6.45) is 10.4. The van der Waals surface area contributed by atoms with E-state index >= 15 is 0 Å². The number of nitrogens with one attached hydrogen (secondary N) is 1. The number of aromatic nitrogens is 4. The zero-order valence-electron chi connectivity index (χ0n) is 15.5. The van der Waals surface area contributed by atoms with Gasteiger partial charge in [0.15, 0.2) is 0 Å². The number of hydrogen-bond acceptors (Lipinski definition) is 7. The third kappa shape index (κ3) is 4.47. The Labute approximate surface area is 166 Å². The molecule has 0 unspecified atom stereocenters. The fraction of sp³-hybridized carbons (Fsp3) is 0.158. The number of hydrogen-bond donors (Lipinski definition) is 1. The van der Waals surface area contributed by atoms with Crippen LogP contribution in [0.25, 0.3) is 12.2 Å². The largest absolute Gasteiger partial charge is 0.495 e. The van der Waals surface area contributed by atoms with Crippen LogP contribution in [0, 0.1) is 0 Å². The van der Waals surface area contributed by atoms with Gasteiger partial charge >= 0.3 is 5.97 Å². The molecule has 0 amide bonds. The zero-order chi connectivity index (χ0) is 20.1. The van der Waals surface area contributed by atoms with Crippen molar-refractivity contribution < 1.29 is 14.3 Å². The molecule has 2 heterocycles. The highest BCUT2D eigenvalue weighted by molar-refractivity contribution is 6.33. The first-order chi connectivity index (χ1) is 13.5. The molecule has 28 heavy (non-hydrogen) atoms. The van der Waals surface area contributed by atoms with Crippen LogP contribution in [0.3, 0.4) is 0 Å². The van der Waals surface area contributed by atoms with Crippen molar-refractivity contribution in [3.8, 4) is 5.75 Å². The molecule has 1 aromatic carbocycles. The summed E-state index contributed by atoms with van der Waals surface area (Å²) in [6.45, 7) is 0. The van der Waals surface area contributed by atoms with E-state index in [1.165, 1.54) is 20.3 Å². The number of ether oxygens (including phenoxy) is 2. The number of rotatable bonds is 6. The standard InChI is InChI=1S/C19H18ClN5O3/c1-25-11-15(10-23-25)24-19-21-8-12(9-22-19)4-5-13-6-14(18(26)28-3)7-16(27-2)17(13)20/h4-11H,1-3H3,(H,21,22,24). The molecule has 3 rings (SSSR count). The second-order valence-corrected chi connectivity index (χ2v) is 6.15. The van der Waals surface area contributed by atoms with Gasteiger partial charge in [-0.25, -0.2) is 14.8 Å². The first kappa shape index (κ1) is 19.4. The number of halogens is 1. The molecular weight excluding hydrogens is 382 g/mol. The number of carbonyl (C=O) groups excluding carboxylic acids is 1. The first-order valence-electron chi connectivity index (χ1n) is 8.22. The molecule has 144 valence electrons. The van der Waals surface area contributed by atoms with Gasteiger partial charge in [-0.1, -0.05) is 23.8 Å². The summed E-state index contributed by atoms with van der Waals surface area (Å²) in [5.74, 6) is 0.368. The van der Waals surface area contributed by atoms with Crippen LogP contribution >= 0.6 is 11.6 Å². The van der Waals surface area contributed by atoms with E-state index in [1.807, 2.05) is 13.2 Å². The first-order valence-corrected chi connectivity index (χ1v) is 8.59. The highest BCUT2D eigenvalue weighted by atomic mass is 35.5. The van der Waals surface area contributed by atoms with E-state index in [1.54, 1.807) is 41.5 Å². The van der Waals surface area contributed by atoms with Crippen LogP contribution < -0.4 is 10.1 Å². The van der Waals surface area contributed by atoms with Crippen molar-refractivity contribution in [2.75, 3.05) is 19.5 Å². The summed E-state index contributed by atoms with van der Waals surface area (Å²) in [4.78, 5) is 20.4. The number of aryl methyl sites for hydroxylation is 1. The molecular formula is C19H18ClN5O3. The van der Waals surface area contributed by atoms with Crippen molar-refractivity contribution in [3.63, 3.8) is 0 Å². The van der Waals surface area contributed by atoms with Crippen molar-refractivity contribution >= 4 is 41.4 Å². The van der Waals surface area contributed by atoms with Gasteiger partial charge in [-0.2, -0.15) is 5.10 Å². The number of anilines is 2. The Balaban J connectivity index is 1.80. The molecule has 9 heteroatoms. The molecule has 8 nitrogen and oxygen atoms in total. The summed E-state index contributed by atoms with van der Waals surface area (Å²) in [5.41, 5.74) is 2.51. The van der Waals surface area contributed by atoms with Gasteiger partial charge in [-0.05, 0) is 17.7 Å². The Morgan fingerprint density at radius 2 is 1.93 bits per heavy atom. The lowest BCUT2D eigenvalue weighted by Crippen LogP contribution is -2.02. The van der Waals surface area contributed by atoms with Gasteiger partial charge in [0, 0.05) is 31.2 Å². The topological polar surface area (TPSA) is 91.2 Å². The lowest BCUT2D eigenvalue weighted by molar-refractivity contribution is 0.0600. The SMILES string of the molecule is COC(=O)c1cc(C=Cc2cnc(Nc3cnn(C)c3)nc2)c(Cl)c(OC)c1. The number of nitrogens with zero attached hydrogens (tertiary/aromatic N) is 4. The van der Waals surface area contributed by atoms with Crippen LogP contribution in [-0.4, -0.2) is 39.9 Å². The molecule has 0 fully saturated rings. The molecule has 3 aromatic rings. The highest BCUT2D eigenvalue weighted by Gasteiger charge is 2.13. The van der Waals surface area contributed by atoms with Crippen LogP contribution in [-0.2, 0) is 11.8 Å². The minimum Gasteiger partial charge on any atom is -0.495 e. The molecule has 0 aliphatic carbocycles. The maximum absolute atomic E-state index is 11.8. The van der Waals surface area contributed by atoms with E-state index in [-0.39, 0.29) is 0 Å². The van der Waals surface area contributed by atoms with Crippen molar-refractivity contribution in [2.45, 2.75) is 0 Å². The average molecular weight is 400 g/mol. The second kappa shape index (κ2) is 8.53. The summed E-state index contributed by atoms with van der Waals surface area (Å²) in [5, 5.41) is 7.52. The number of methoxy groups -OCH3 is 2. The molecule has 0 bridgehead atoms. The van der Waals surface area contributed by atoms with Crippen LogP contribution in [0.2, 0.25) is 5.02 Å². The average Bonchev–Trinajstić information content (AvgIpc) is 3.12. The summed E-state index contributed by atoms with van der Waals surface area (Å²) < 4.78 is 11.7. The van der Waals surface area contributed by atoms with Gasteiger partial charge in [0.2, 0.25) is 5.95 Å². The van der Waals surface area contributed by atoms with Gasteiger partial charge < -0.3 is 14.8 Å². The third-order valence-corrected chi connectivity index (χ3v) is 4.20. The Kier molecular flexibility index (Phi) is 5.90. The summed E-state index contributed by atoms with van der Waals surface area (Å²) in [6, 6.07) is 3.17. The van der Waals surface area contributed by atoms with E-state index in [4.69, 9.17) is 21.1 Å². The fourth-order valence-corrected chi connectivity index (χ4v) is 2.66. The third-order valence-electron chi connectivity index (χ3n) is 3.80. The fourth-order valence-electron chi connectivity index (χ4n) is 2.41. The lowest BCUT2D eigenvalue weighted by atomic mass is 10.1. The molecule has 0 atom stereocenters. The Morgan fingerprint density at radius 1 is 1.18 bits per heavy atom. The summed E-state index contributed by atoms with van der Waals surface area (Å²) >= 11 is 6.33. The number of benzene rings is 1. The molecule has 0 saturated heterocycles. The molecule has 0 aliphatic heterocycles. The van der Waals surface area contributed by atoms with E-state index in [9.17, 15) is 4.79 Å². The molecule has 0 radical (unpaired) electrons. The summed E-state index contributed by atoms with van der Waals surface area (Å²) in [7, 11) is 4.63. The number of carbonyl (C=O) groups is 1. The Bertz CT molecular complexity index is 1010. The van der Waals surface area contributed by atoms with Gasteiger partial charge in [0.05, 0.1) is 36.7 Å². The van der Waals surface area contributed by atoms with Gasteiger partial charge in [-0.3, -0.25) is 4.68 Å². The van der Waals surface area contributed by atoms with Gasteiger partial charge in [-0.15, -0.1) is 0 Å². The van der Waals surface area contributed by atoms with Crippen molar-refractivity contribution in [1.82, 2.24) is 19.7 Å². The molecule has 0 saturated carbocycles. The van der Waals surface area contributed by atoms with E-state index in [0.717, 1.165) is 11.3 Å². The van der Waals surface area contributed by atoms with Crippen LogP contribution in [0.5, 0.6) is 5.75 Å². The highest BCUT2D eigenvalue weighted by Crippen LogP contribution is 2.31. The molecule has 0 spiro atoms. The minimum absolute atomic E-state index is 0.343. The van der Waals surface area contributed by atoms with E-state index < -0.39 is 5.97 Å². The van der Waals surface area contributed by atoms with Crippen LogP contribution in [0.1, 0.15) is 21.5 Å². The van der Waals surface area contributed by atoms with Crippen molar-refractivity contribution in [3.05, 3.63) is 58.6 Å². The second-order valence-electron chi connectivity index (χ2n) is 5.77. The minimum atomic E-state index is -0.473. The van der Waals surface area contributed by atoms with Gasteiger partial charge in [0.1, 0.15) is 5.75 Å². The predicted molar refractivity (Wildman–Crippen MR) is 107 cm³/mol. The zero-order valence-corrected chi connectivity index (χ0v) is 16.3. The van der Waals surface area contributed by atoms with Crippen LogP contribution in [0.4, 0.5) is 11.6 Å². The van der Waals surface area contributed by atoms with E-state index in [0.29, 0.717) is 27.8 Å².